The minimum absolute atomic E-state index is 0.384. The fraction of sp³-hybridized carbons (Fsp3) is 0. The van der Waals surface area contributed by atoms with Crippen LogP contribution < -0.4 is 20.9 Å². The van der Waals surface area contributed by atoms with E-state index in [1.54, 1.807) is 0 Å². The topological polar surface area (TPSA) is 188 Å². The number of nitrogen functional groups attached to an aromatic ring is 1. The van der Waals surface area contributed by atoms with Gasteiger partial charge in [-0.2, -0.15) is 16.8 Å². The largest absolute Gasteiger partial charge is 0.451 e. The number of hydrogen-bond donors (Lipinski definition) is 4. The molecule has 0 spiro atoms. The molecular weight excluding hydrogens is 560 g/mol. The number of nitrogens with two attached hydrogens (primary N) is 2. The molecule has 0 bridgehead atoms. The van der Waals surface area contributed by atoms with Gasteiger partial charge < -0.3 is 20.3 Å². The summed E-state index contributed by atoms with van der Waals surface area (Å²) in [6, 6.07) is 8.36. The zero-order chi connectivity index (χ0) is 28.3. The highest BCUT2D eigenvalue weighted by atomic mass is 32.2. The second-order valence-corrected chi connectivity index (χ2v) is 10.3. The number of hydrogen-bond acceptors (Lipinski definition) is 8. The molecule has 1 amide bonds. The van der Waals surface area contributed by atoms with Crippen LogP contribution in [0.5, 0.6) is 0 Å². The lowest BCUT2D eigenvalue weighted by molar-refractivity contribution is 0.0992. The summed E-state index contributed by atoms with van der Waals surface area (Å²) in [7, 11) is -8.24. The highest BCUT2D eigenvalue weighted by molar-refractivity contribution is 7.92. The Kier molecular flexibility index (Phi) is 8.01. The Bertz CT molecular complexity index is 1680. The Labute approximate surface area is 212 Å². The molecule has 0 radical (unpaired) electrons. The van der Waals surface area contributed by atoms with Crippen LogP contribution in [0.3, 0.4) is 0 Å². The van der Waals surface area contributed by atoms with Crippen molar-refractivity contribution in [1.29, 1.82) is 0 Å². The van der Waals surface area contributed by atoms with Crippen LogP contribution >= 0.6 is 0 Å². The molecule has 11 nitrogen and oxygen atoms in total. The van der Waals surface area contributed by atoms with Crippen LogP contribution in [0.15, 0.2) is 80.1 Å². The summed E-state index contributed by atoms with van der Waals surface area (Å²) < 4.78 is 114. The number of anilines is 3. The number of halogens is 4. The van der Waals surface area contributed by atoms with Crippen molar-refractivity contribution in [3.05, 3.63) is 89.9 Å². The monoisotopic (exact) mass is 576 g/mol. The third kappa shape index (κ3) is 6.06. The number of carbonyl (C=O) groups is 1. The van der Waals surface area contributed by atoms with E-state index in [9.17, 15) is 39.2 Å². The van der Waals surface area contributed by atoms with Gasteiger partial charge in [0.05, 0.1) is 23.9 Å². The fourth-order valence-corrected chi connectivity index (χ4v) is 4.70. The smallest absolute Gasteiger partial charge is 0.295 e. The van der Waals surface area contributed by atoms with Crippen LogP contribution in [0, 0.1) is 23.3 Å². The normalized spacial score (nSPS) is 11.4. The van der Waals surface area contributed by atoms with E-state index < -0.39 is 76.9 Å². The van der Waals surface area contributed by atoms with Gasteiger partial charge in [0.15, 0.2) is 11.6 Å². The van der Waals surface area contributed by atoms with E-state index in [0.29, 0.717) is 0 Å². The van der Waals surface area contributed by atoms with Crippen molar-refractivity contribution in [2.24, 2.45) is 5.73 Å². The Morgan fingerprint density at radius 1 is 0.711 bits per heavy atom. The van der Waals surface area contributed by atoms with Crippen LogP contribution in [0.1, 0.15) is 10.4 Å². The van der Waals surface area contributed by atoms with Gasteiger partial charge in [0.2, 0.25) is 10.2 Å². The van der Waals surface area contributed by atoms with E-state index in [0.717, 1.165) is 42.9 Å². The Morgan fingerprint density at radius 2 is 1.16 bits per heavy atom. The predicted octanol–water partition coefficient (Wildman–Crippen LogP) is 3.40. The van der Waals surface area contributed by atoms with Gasteiger partial charge >= 0.3 is 0 Å². The minimum atomic E-state index is -4.18. The van der Waals surface area contributed by atoms with E-state index in [2.05, 4.69) is 8.83 Å². The quantitative estimate of drug-likeness (QED) is 0.190. The molecule has 0 aliphatic rings. The molecule has 2 heterocycles. The molecule has 2 aromatic heterocycles. The third-order valence-corrected chi connectivity index (χ3v) is 6.97. The van der Waals surface area contributed by atoms with Gasteiger partial charge in [0, 0.05) is 0 Å². The second kappa shape index (κ2) is 10.9. The average molecular weight is 577 g/mol. The van der Waals surface area contributed by atoms with E-state index in [4.69, 9.17) is 11.5 Å². The van der Waals surface area contributed by atoms with E-state index in [1.807, 2.05) is 9.44 Å². The maximum atomic E-state index is 13.9. The molecule has 6 N–H and O–H groups in total. The number of benzene rings is 2. The highest BCUT2D eigenvalue weighted by Crippen LogP contribution is 2.26. The third-order valence-electron chi connectivity index (χ3n) is 4.47. The molecular formula is C21H16F4N4O7S2. The second-order valence-electron chi connectivity index (χ2n) is 7.05. The van der Waals surface area contributed by atoms with Crippen molar-refractivity contribution in [1.82, 2.24) is 0 Å². The van der Waals surface area contributed by atoms with Gasteiger partial charge in [-0.3, -0.25) is 14.2 Å². The van der Waals surface area contributed by atoms with Gasteiger partial charge in [-0.25, -0.2) is 17.6 Å². The van der Waals surface area contributed by atoms with E-state index in [-0.39, 0.29) is 5.09 Å². The Balaban J connectivity index is 0.000000212. The summed E-state index contributed by atoms with van der Waals surface area (Å²) >= 11 is 0. The molecule has 0 aliphatic carbocycles. The number of primary amides is 1. The van der Waals surface area contributed by atoms with Crippen molar-refractivity contribution >= 4 is 43.0 Å². The van der Waals surface area contributed by atoms with Crippen LogP contribution in [-0.4, -0.2) is 22.7 Å². The van der Waals surface area contributed by atoms with Crippen molar-refractivity contribution in [2.75, 3.05) is 15.2 Å². The first-order chi connectivity index (χ1) is 17.7. The van der Waals surface area contributed by atoms with Gasteiger partial charge in [-0.1, -0.05) is 0 Å². The summed E-state index contributed by atoms with van der Waals surface area (Å²) in [6.45, 7) is 0. The lowest BCUT2D eigenvalue weighted by Crippen LogP contribution is -2.19. The molecule has 0 aliphatic heterocycles. The Hall–Kier alpha value is -4.51. The van der Waals surface area contributed by atoms with Crippen LogP contribution in [0.25, 0.3) is 0 Å². The number of carbonyl (C=O) groups excluding carboxylic acids is 1. The maximum absolute atomic E-state index is 13.9. The van der Waals surface area contributed by atoms with Crippen LogP contribution in [-0.2, 0) is 20.0 Å². The molecule has 2 aromatic carbocycles. The molecule has 202 valence electrons. The van der Waals surface area contributed by atoms with Crippen LogP contribution in [0.2, 0.25) is 0 Å². The van der Waals surface area contributed by atoms with Crippen molar-refractivity contribution in [2.45, 2.75) is 10.2 Å². The first-order valence-electron chi connectivity index (χ1n) is 9.88. The van der Waals surface area contributed by atoms with Crippen molar-refractivity contribution in [3.8, 4) is 0 Å². The first-order valence-corrected chi connectivity index (χ1v) is 12.8. The molecule has 4 rings (SSSR count). The first kappa shape index (κ1) is 28.1. The fourth-order valence-electron chi connectivity index (χ4n) is 2.73. The van der Waals surface area contributed by atoms with Gasteiger partial charge in [-0.15, -0.1) is 0 Å². The predicted molar refractivity (Wildman–Crippen MR) is 125 cm³/mol. The molecule has 0 saturated heterocycles. The van der Waals surface area contributed by atoms with Crippen molar-refractivity contribution < 1.29 is 48.0 Å². The summed E-state index contributed by atoms with van der Waals surface area (Å²) in [5.41, 5.74) is 7.09. The number of sulfonamides is 2. The number of amides is 1. The van der Waals surface area contributed by atoms with Crippen LogP contribution in [0.4, 0.5) is 34.6 Å². The average Bonchev–Trinajstić information content (AvgIpc) is 3.57. The summed E-state index contributed by atoms with van der Waals surface area (Å²) in [5, 5.41) is -0.841. The molecule has 0 fully saturated rings. The summed E-state index contributed by atoms with van der Waals surface area (Å²) in [6.07, 6.45) is 2.27. The number of furan rings is 2. The van der Waals surface area contributed by atoms with Crippen molar-refractivity contribution in [3.63, 3.8) is 0 Å². The summed E-state index contributed by atoms with van der Waals surface area (Å²) in [5.74, 6) is -6.07. The highest BCUT2D eigenvalue weighted by Gasteiger charge is 2.24. The summed E-state index contributed by atoms with van der Waals surface area (Å²) in [4.78, 5) is 10.9. The standard InChI is InChI=1S/C11H8F2N2O4S.C10H8F2N2O3S/c12-6-3-4-7(10(13)9(6)11(14)16)15-20(17,18)8-2-1-5-19-8;11-6-3-4-7(9(12)10(6)13)14-18(15,16)8-2-1-5-17-8/h1-5,15H,(H2,14,16);1-5,14H,13H2. The van der Waals surface area contributed by atoms with E-state index in [1.165, 1.54) is 18.2 Å². The van der Waals surface area contributed by atoms with Gasteiger partial charge in [-0.05, 0) is 48.5 Å². The van der Waals surface area contributed by atoms with Gasteiger partial charge in [0.1, 0.15) is 22.9 Å². The lowest BCUT2D eigenvalue weighted by Gasteiger charge is -2.09. The maximum Gasteiger partial charge on any atom is 0.295 e. The molecule has 38 heavy (non-hydrogen) atoms. The minimum Gasteiger partial charge on any atom is -0.451 e. The molecule has 0 atom stereocenters. The van der Waals surface area contributed by atoms with Gasteiger partial charge in [0.25, 0.3) is 26.0 Å². The molecule has 4 aromatic rings. The zero-order valence-corrected chi connectivity index (χ0v) is 20.2. The SMILES string of the molecule is NC(=O)c1c(F)ccc(NS(=O)(=O)c2ccco2)c1F.Nc1c(F)ccc(NS(=O)(=O)c2ccco2)c1F. The van der Waals surface area contributed by atoms with E-state index >= 15 is 0 Å². The number of rotatable bonds is 7. The number of nitrogens with one attached hydrogen (secondary N) is 2. The molecule has 17 heteroatoms. The molecule has 0 saturated carbocycles. The molecule has 0 unspecified atom stereocenters. The lowest BCUT2D eigenvalue weighted by atomic mass is 10.1. The Morgan fingerprint density at radius 3 is 1.58 bits per heavy atom. The zero-order valence-electron chi connectivity index (χ0n) is 18.6.